The molecule has 0 aromatic rings. The van der Waals surface area contributed by atoms with Crippen LogP contribution in [-0.4, -0.2) is 18.0 Å². The summed E-state index contributed by atoms with van der Waals surface area (Å²) in [6.45, 7) is 2.09. The molecular weight excluding hydrogens is 112 g/mol. The lowest BCUT2D eigenvalue weighted by Crippen LogP contribution is -2.57. The molecular formula is C7H10N2. The first-order valence-electron chi connectivity index (χ1n) is 3.49. The van der Waals surface area contributed by atoms with Gasteiger partial charge < -0.3 is 4.90 Å². The lowest BCUT2D eigenvalue weighted by molar-refractivity contribution is -0.0251. The maximum atomic E-state index is 8.41. The second-order valence-corrected chi connectivity index (χ2v) is 3.31. The van der Waals surface area contributed by atoms with E-state index in [2.05, 4.69) is 6.19 Å². The fourth-order valence-corrected chi connectivity index (χ4v) is 1.83. The Morgan fingerprint density at radius 3 is 2.33 bits per heavy atom. The minimum atomic E-state index is 0.621. The van der Waals surface area contributed by atoms with Crippen molar-refractivity contribution in [1.82, 2.24) is 4.90 Å². The van der Waals surface area contributed by atoms with Crippen molar-refractivity contribution in [3.63, 3.8) is 0 Å². The third kappa shape index (κ3) is 0.548. The standard InChI is InChI=1S/C7H10N2/c8-6-9-4-7(5-9)2-1-3-7/h1-5H2. The third-order valence-corrected chi connectivity index (χ3v) is 2.61. The fraction of sp³-hybridized carbons (Fsp3) is 0.857. The Hall–Kier alpha value is -0.710. The maximum Gasteiger partial charge on any atom is 0.179 e. The highest BCUT2D eigenvalue weighted by atomic mass is 15.2. The molecule has 0 atom stereocenters. The van der Waals surface area contributed by atoms with Crippen LogP contribution in [0.5, 0.6) is 0 Å². The van der Waals surface area contributed by atoms with E-state index in [1.807, 2.05) is 4.90 Å². The highest BCUT2D eigenvalue weighted by molar-refractivity contribution is 5.04. The van der Waals surface area contributed by atoms with E-state index in [1.165, 1.54) is 19.3 Å². The zero-order chi connectivity index (χ0) is 6.32. The second-order valence-electron chi connectivity index (χ2n) is 3.31. The third-order valence-electron chi connectivity index (χ3n) is 2.61. The van der Waals surface area contributed by atoms with Crippen LogP contribution in [0, 0.1) is 16.9 Å². The van der Waals surface area contributed by atoms with Gasteiger partial charge in [-0.2, -0.15) is 5.26 Å². The summed E-state index contributed by atoms with van der Waals surface area (Å²) in [4.78, 5) is 1.85. The van der Waals surface area contributed by atoms with Gasteiger partial charge in [0.05, 0.1) is 0 Å². The summed E-state index contributed by atoms with van der Waals surface area (Å²) in [5.74, 6) is 0. The van der Waals surface area contributed by atoms with E-state index in [0.29, 0.717) is 5.41 Å². The van der Waals surface area contributed by atoms with E-state index in [0.717, 1.165) is 13.1 Å². The molecule has 48 valence electrons. The monoisotopic (exact) mass is 122 g/mol. The van der Waals surface area contributed by atoms with Crippen molar-refractivity contribution in [3.8, 4) is 6.19 Å². The van der Waals surface area contributed by atoms with Gasteiger partial charge in [-0.25, -0.2) is 0 Å². The van der Waals surface area contributed by atoms with Crippen LogP contribution in [0.1, 0.15) is 19.3 Å². The number of rotatable bonds is 0. The first-order chi connectivity index (χ1) is 4.35. The van der Waals surface area contributed by atoms with Crippen molar-refractivity contribution in [1.29, 1.82) is 5.26 Å². The van der Waals surface area contributed by atoms with Crippen molar-refractivity contribution in [3.05, 3.63) is 0 Å². The SMILES string of the molecule is N#CN1CC2(CCC2)C1. The molecule has 1 spiro atoms. The summed E-state index contributed by atoms with van der Waals surface area (Å²) < 4.78 is 0. The number of hydrogen-bond donors (Lipinski definition) is 0. The molecule has 2 heteroatoms. The molecule has 0 unspecified atom stereocenters. The Kier molecular flexibility index (Phi) is 0.801. The molecule has 2 fully saturated rings. The molecule has 1 aliphatic heterocycles. The molecule has 2 aliphatic rings. The predicted octanol–water partition coefficient (Wildman–Crippen LogP) is 0.953. The van der Waals surface area contributed by atoms with Gasteiger partial charge in [0, 0.05) is 18.5 Å². The Morgan fingerprint density at radius 1 is 1.33 bits per heavy atom. The molecule has 2 rings (SSSR count). The van der Waals surface area contributed by atoms with E-state index in [1.54, 1.807) is 0 Å². The largest absolute Gasteiger partial charge is 0.309 e. The summed E-state index contributed by atoms with van der Waals surface area (Å²) >= 11 is 0. The molecule has 0 N–H and O–H groups in total. The Balaban J connectivity index is 1.91. The van der Waals surface area contributed by atoms with Crippen molar-refractivity contribution in [2.75, 3.05) is 13.1 Å². The van der Waals surface area contributed by atoms with Crippen LogP contribution in [0.25, 0.3) is 0 Å². The van der Waals surface area contributed by atoms with Crippen molar-refractivity contribution in [2.45, 2.75) is 19.3 Å². The van der Waals surface area contributed by atoms with Crippen molar-refractivity contribution < 1.29 is 0 Å². The normalized spacial score (nSPS) is 28.6. The molecule has 2 nitrogen and oxygen atoms in total. The number of nitrogens with zero attached hydrogens (tertiary/aromatic N) is 2. The molecule has 0 aromatic heterocycles. The molecule has 1 aliphatic carbocycles. The van der Waals surface area contributed by atoms with Crippen LogP contribution in [-0.2, 0) is 0 Å². The van der Waals surface area contributed by atoms with Gasteiger partial charge in [0.1, 0.15) is 0 Å². The molecule has 1 heterocycles. The Bertz CT molecular complexity index is 156. The van der Waals surface area contributed by atoms with Gasteiger partial charge in [0.25, 0.3) is 0 Å². The zero-order valence-electron chi connectivity index (χ0n) is 5.43. The highest BCUT2D eigenvalue weighted by Crippen LogP contribution is 2.47. The highest BCUT2D eigenvalue weighted by Gasteiger charge is 2.46. The van der Waals surface area contributed by atoms with Gasteiger partial charge in [-0.1, -0.05) is 6.42 Å². The topological polar surface area (TPSA) is 27.0 Å². The minimum absolute atomic E-state index is 0.621. The summed E-state index contributed by atoms with van der Waals surface area (Å²) in [5, 5.41) is 8.41. The molecule has 0 aromatic carbocycles. The molecule has 1 saturated carbocycles. The fourth-order valence-electron chi connectivity index (χ4n) is 1.83. The second kappa shape index (κ2) is 1.41. The Labute approximate surface area is 55.1 Å². The van der Waals surface area contributed by atoms with Crippen LogP contribution in [0.2, 0.25) is 0 Å². The van der Waals surface area contributed by atoms with E-state index in [-0.39, 0.29) is 0 Å². The van der Waals surface area contributed by atoms with Gasteiger partial charge in [-0.05, 0) is 12.8 Å². The van der Waals surface area contributed by atoms with Crippen molar-refractivity contribution in [2.24, 2.45) is 5.41 Å². The average Bonchev–Trinajstić information content (AvgIpc) is 1.59. The van der Waals surface area contributed by atoms with E-state index in [9.17, 15) is 0 Å². The number of hydrogen-bond acceptors (Lipinski definition) is 2. The summed E-state index contributed by atoms with van der Waals surface area (Å²) in [5.41, 5.74) is 0.621. The van der Waals surface area contributed by atoms with E-state index >= 15 is 0 Å². The van der Waals surface area contributed by atoms with Gasteiger partial charge in [0.2, 0.25) is 0 Å². The molecule has 0 amide bonds. The van der Waals surface area contributed by atoms with Crippen LogP contribution in [0.3, 0.4) is 0 Å². The molecule has 9 heavy (non-hydrogen) atoms. The number of nitriles is 1. The van der Waals surface area contributed by atoms with Crippen LogP contribution in [0.15, 0.2) is 0 Å². The average molecular weight is 122 g/mol. The van der Waals surface area contributed by atoms with E-state index < -0.39 is 0 Å². The van der Waals surface area contributed by atoms with Gasteiger partial charge in [0.15, 0.2) is 6.19 Å². The first-order valence-corrected chi connectivity index (χ1v) is 3.49. The predicted molar refractivity (Wildman–Crippen MR) is 33.5 cm³/mol. The van der Waals surface area contributed by atoms with Crippen LogP contribution < -0.4 is 0 Å². The first kappa shape index (κ1) is 5.10. The smallest absolute Gasteiger partial charge is 0.179 e. The van der Waals surface area contributed by atoms with Crippen LogP contribution in [0.4, 0.5) is 0 Å². The quantitative estimate of drug-likeness (QED) is 0.447. The molecule has 0 radical (unpaired) electrons. The summed E-state index contributed by atoms with van der Waals surface area (Å²) in [6, 6.07) is 0. The molecule has 1 saturated heterocycles. The molecule has 0 bridgehead atoms. The minimum Gasteiger partial charge on any atom is -0.309 e. The van der Waals surface area contributed by atoms with Gasteiger partial charge >= 0.3 is 0 Å². The van der Waals surface area contributed by atoms with Gasteiger partial charge in [-0.3, -0.25) is 0 Å². The number of likely N-dealkylation sites (tertiary alicyclic amines) is 1. The lowest BCUT2D eigenvalue weighted by Gasteiger charge is -2.53. The van der Waals surface area contributed by atoms with E-state index in [4.69, 9.17) is 5.26 Å². The zero-order valence-corrected chi connectivity index (χ0v) is 5.43. The summed E-state index contributed by atoms with van der Waals surface area (Å²) in [7, 11) is 0. The van der Waals surface area contributed by atoms with Gasteiger partial charge in [-0.15, -0.1) is 0 Å². The van der Waals surface area contributed by atoms with Crippen molar-refractivity contribution >= 4 is 0 Å². The summed E-state index contributed by atoms with van der Waals surface area (Å²) in [6.07, 6.45) is 6.28. The van der Waals surface area contributed by atoms with Crippen LogP contribution >= 0.6 is 0 Å². The Morgan fingerprint density at radius 2 is 2.00 bits per heavy atom. The lowest BCUT2D eigenvalue weighted by atomic mass is 9.64. The maximum absolute atomic E-state index is 8.41.